The van der Waals surface area contributed by atoms with Crippen LogP contribution in [0.3, 0.4) is 0 Å². The number of hydrogen-bond donors (Lipinski definition) is 1. The van der Waals surface area contributed by atoms with E-state index >= 15 is 0 Å². The highest BCUT2D eigenvalue weighted by Crippen LogP contribution is 2.37. The molecule has 0 unspecified atom stereocenters. The quantitative estimate of drug-likeness (QED) is 0.278. The van der Waals surface area contributed by atoms with Crippen molar-refractivity contribution >= 4 is 34.1 Å². The fourth-order valence-electron chi connectivity index (χ4n) is 4.88. The maximum atomic E-state index is 13.4. The van der Waals surface area contributed by atoms with Crippen molar-refractivity contribution < 1.29 is 23.7 Å². The Hall–Kier alpha value is -4.01. The van der Waals surface area contributed by atoms with Crippen molar-refractivity contribution in [2.45, 2.75) is 32.2 Å². The van der Waals surface area contributed by atoms with Crippen molar-refractivity contribution in [1.29, 1.82) is 0 Å². The van der Waals surface area contributed by atoms with Gasteiger partial charge in [0.05, 0.1) is 38.6 Å². The fraction of sp³-hybridized carbons (Fsp3) is 0.312. The van der Waals surface area contributed by atoms with Crippen LogP contribution in [-0.2, 0) is 11.3 Å². The number of amides is 1. The second-order valence-electron chi connectivity index (χ2n) is 9.93. The lowest BCUT2D eigenvalue weighted by molar-refractivity contribution is -0.117. The van der Waals surface area contributed by atoms with E-state index in [2.05, 4.69) is 16.3 Å². The number of methoxy groups -OCH3 is 2. The van der Waals surface area contributed by atoms with Crippen LogP contribution >= 0.6 is 11.6 Å². The number of ether oxygens (including phenoxy) is 4. The number of halogens is 1. The van der Waals surface area contributed by atoms with E-state index < -0.39 is 0 Å². The molecule has 0 radical (unpaired) electrons. The smallest absolute Gasteiger partial charge is 0.238 e. The van der Waals surface area contributed by atoms with Gasteiger partial charge in [-0.3, -0.25) is 9.69 Å². The van der Waals surface area contributed by atoms with E-state index in [1.807, 2.05) is 42.5 Å². The normalized spacial score (nSPS) is 15.1. The van der Waals surface area contributed by atoms with Crippen LogP contribution in [0, 0.1) is 0 Å². The Morgan fingerprint density at radius 3 is 2.59 bits per heavy atom. The van der Waals surface area contributed by atoms with Crippen molar-refractivity contribution in [3.05, 3.63) is 77.3 Å². The van der Waals surface area contributed by atoms with E-state index in [1.54, 1.807) is 32.4 Å². The highest BCUT2D eigenvalue weighted by molar-refractivity contribution is 6.31. The lowest BCUT2D eigenvalue weighted by atomic mass is 10.1. The number of hydrogen-bond acceptors (Lipinski definition) is 7. The van der Waals surface area contributed by atoms with Crippen LogP contribution in [0.4, 0.5) is 5.69 Å². The summed E-state index contributed by atoms with van der Waals surface area (Å²) in [5.74, 6) is 2.83. The van der Waals surface area contributed by atoms with Gasteiger partial charge < -0.3 is 24.3 Å². The van der Waals surface area contributed by atoms with Crippen LogP contribution in [0.2, 0.25) is 5.02 Å². The van der Waals surface area contributed by atoms with Gasteiger partial charge in [0, 0.05) is 22.5 Å². The number of nitrogens with zero attached hydrogens (tertiary/aromatic N) is 2. The summed E-state index contributed by atoms with van der Waals surface area (Å²) in [6, 6.07) is 20.5. The maximum absolute atomic E-state index is 13.4. The van der Waals surface area contributed by atoms with Gasteiger partial charge in [0.25, 0.3) is 0 Å². The van der Waals surface area contributed by atoms with Gasteiger partial charge in [0.1, 0.15) is 5.75 Å². The van der Waals surface area contributed by atoms with E-state index in [0.29, 0.717) is 47.0 Å². The van der Waals surface area contributed by atoms with Crippen molar-refractivity contribution in [2.24, 2.45) is 0 Å². The molecule has 4 aromatic rings. The highest BCUT2D eigenvalue weighted by Gasteiger charge is 2.18. The predicted molar refractivity (Wildman–Crippen MR) is 161 cm³/mol. The van der Waals surface area contributed by atoms with Gasteiger partial charge in [-0.2, -0.15) is 0 Å². The average Bonchev–Trinajstić information content (AvgIpc) is 2.97. The van der Waals surface area contributed by atoms with Crippen LogP contribution in [-0.4, -0.2) is 49.7 Å². The Kier molecular flexibility index (Phi) is 9.44. The summed E-state index contributed by atoms with van der Waals surface area (Å²) in [5.41, 5.74) is 2.20. The summed E-state index contributed by atoms with van der Waals surface area (Å²) >= 11 is 6.30. The third-order valence-corrected chi connectivity index (χ3v) is 7.16. The molecule has 5 rings (SSSR count). The Balaban J connectivity index is 1.42. The highest BCUT2D eigenvalue weighted by atomic mass is 35.5. The summed E-state index contributed by atoms with van der Waals surface area (Å²) < 4.78 is 23.3. The Morgan fingerprint density at radius 2 is 1.76 bits per heavy atom. The second-order valence-corrected chi connectivity index (χ2v) is 10.4. The molecule has 0 atom stereocenters. The van der Waals surface area contributed by atoms with Crippen molar-refractivity contribution in [2.75, 3.05) is 39.2 Å². The molecule has 0 bridgehead atoms. The topological polar surface area (TPSA) is 82.2 Å². The van der Waals surface area contributed by atoms with E-state index in [-0.39, 0.29) is 12.5 Å². The van der Waals surface area contributed by atoms with Crippen LogP contribution < -0.4 is 24.3 Å². The van der Waals surface area contributed by atoms with Crippen molar-refractivity contribution in [3.63, 3.8) is 0 Å². The average molecular weight is 576 g/mol. The molecule has 0 spiro atoms. The minimum absolute atomic E-state index is 0.172. The molecule has 0 fully saturated rings. The van der Waals surface area contributed by atoms with E-state index in [1.165, 1.54) is 0 Å². The zero-order valence-electron chi connectivity index (χ0n) is 23.3. The Labute approximate surface area is 245 Å². The summed E-state index contributed by atoms with van der Waals surface area (Å²) in [5, 5.41) is 4.44. The first kappa shape index (κ1) is 28.5. The van der Waals surface area contributed by atoms with Crippen LogP contribution in [0.5, 0.6) is 28.9 Å². The van der Waals surface area contributed by atoms with E-state index in [0.717, 1.165) is 54.4 Å². The molecule has 9 heteroatoms. The number of rotatable bonds is 4. The summed E-state index contributed by atoms with van der Waals surface area (Å²) in [4.78, 5) is 20.2. The molecule has 0 saturated heterocycles. The second kappa shape index (κ2) is 13.6. The number of fused-ring (bicyclic) bond motifs is 3. The molecule has 0 aliphatic carbocycles. The number of carbonyl (C=O) groups excluding carboxylic acids is 1. The molecular formula is C32H34ClN3O5. The lowest BCUT2D eigenvalue weighted by Gasteiger charge is -2.24. The zero-order valence-corrected chi connectivity index (χ0v) is 24.1. The molecule has 1 amide bonds. The summed E-state index contributed by atoms with van der Waals surface area (Å²) in [6.45, 7) is 1.99. The molecule has 1 aliphatic heterocycles. The molecular weight excluding hydrogens is 542 g/mol. The summed E-state index contributed by atoms with van der Waals surface area (Å²) in [7, 11) is 3.26. The largest absolute Gasteiger partial charge is 0.497 e. The van der Waals surface area contributed by atoms with Gasteiger partial charge in [0.2, 0.25) is 11.8 Å². The molecule has 1 aromatic heterocycles. The third kappa shape index (κ3) is 7.39. The number of carbonyl (C=O) groups is 1. The third-order valence-electron chi connectivity index (χ3n) is 6.93. The first-order valence-electron chi connectivity index (χ1n) is 13.8. The lowest BCUT2D eigenvalue weighted by Crippen LogP contribution is -2.34. The minimum atomic E-state index is -0.178. The molecule has 3 aromatic carbocycles. The molecule has 0 saturated carbocycles. The number of nitrogens with one attached hydrogen (secondary N) is 1. The number of aromatic nitrogens is 1. The van der Waals surface area contributed by atoms with Crippen molar-refractivity contribution in [1.82, 2.24) is 9.88 Å². The number of anilines is 1. The van der Waals surface area contributed by atoms with Crippen LogP contribution in [0.1, 0.15) is 31.2 Å². The number of pyridine rings is 1. The zero-order chi connectivity index (χ0) is 28.6. The van der Waals surface area contributed by atoms with Gasteiger partial charge >= 0.3 is 0 Å². The van der Waals surface area contributed by atoms with Crippen LogP contribution in [0.25, 0.3) is 10.9 Å². The Bertz CT molecular complexity index is 1510. The van der Waals surface area contributed by atoms with Gasteiger partial charge in [-0.05, 0) is 74.0 Å². The van der Waals surface area contributed by atoms with Gasteiger partial charge in [0.15, 0.2) is 17.2 Å². The Morgan fingerprint density at radius 1 is 0.927 bits per heavy atom. The van der Waals surface area contributed by atoms with E-state index in [9.17, 15) is 4.79 Å². The first-order valence-corrected chi connectivity index (χ1v) is 14.1. The molecule has 1 N–H and O–H groups in total. The van der Waals surface area contributed by atoms with Crippen molar-refractivity contribution in [3.8, 4) is 28.9 Å². The SMILES string of the molecule is COc1ccc2nc(OC)c(CN3CCCCCCOc4ccccc4Oc4ccc(Cl)cc4NC(=O)C3)cc2c1. The maximum Gasteiger partial charge on any atom is 0.238 e. The standard InChI is InChI=1S/C32H34ClN3O5/c1-38-25-12-13-26-22(18-25)17-23(32(35-26)39-2)20-36-15-7-3-4-8-16-40-29-9-5-6-10-30(29)41-28-14-11-24(33)19-27(28)34-31(37)21-36/h5-6,9-14,17-19H,3-4,7-8,15-16,20-21H2,1-2H3,(H,34,37). The fourth-order valence-corrected chi connectivity index (χ4v) is 5.05. The van der Waals surface area contributed by atoms with Crippen LogP contribution in [0.15, 0.2) is 66.7 Å². The number of para-hydroxylation sites is 2. The monoisotopic (exact) mass is 575 g/mol. The van der Waals surface area contributed by atoms with Gasteiger partial charge in [-0.15, -0.1) is 0 Å². The summed E-state index contributed by atoms with van der Waals surface area (Å²) in [6.07, 6.45) is 3.89. The first-order chi connectivity index (χ1) is 20.0. The number of benzene rings is 3. The van der Waals surface area contributed by atoms with E-state index in [4.69, 9.17) is 35.5 Å². The van der Waals surface area contributed by atoms with Gasteiger partial charge in [-0.25, -0.2) is 4.98 Å². The predicted octanol–water partition coefficient (Wildman–Crippen LogP) is 7.09. The molecule has 1 aliphatic rings. The van der Waals surface area contributed by atoms with Gasteiger partial charge in [-0.1, -0.05) is 36.6 Å². The molecule has 2 heterocycles. The molecule has 41 heavy (non-hydrogen) atoms. The molecule has 8 nitrogen and oxygen atoms in total. The minimum Gasteiger partial charge on any atom is -0.497 e. The molecule has 214 valence electrons.